The number of benzene rings is 1. The number of aromatic nitrogens is 4. The highest BCUT2D eigenvalue weighted by molar-refractivity contribution is 5.81. The maximum Gasteiger partial charge on any atom is 0.182 e. The maximum atomic E-state index is 13.5. The first kappa shape index (κ1) is 12.5. The number of imidazole rings is 1. The van der Waals surface area contributed by atoms with Crippen molar-refractivity contribution in [3.8, 4) is 0 Å². The van der Waals surface area contributed by atoms with Crippen LogP contribution in [0.15, 0.2) is 30.9 Å². The van der Waals surface area contributed by atoms with Gasteiger partial charge in [-0.2, -0.15) is 0 Å². The molecule has 0 aliphatic carbocycles. The molecule has 2 heterocycles. The normalized spacial score (nSPS) is 10.9. The van der Waals surface area contributed by atoms with Gasteiger partial charge < -0.3 is 10.3 Å². The van der Waals surface area contributed by atoms with Crippen LogP contribution in [0.4, 0.5) is 14.6 Å². The fourth-order valence-electron chi connectivity index (χ4n) is 1.94. The third-order valence-corrected chi connectivity index (χ3v) is 2.92. The molecule has 0 aliphatic rings. The number of fused-ring (bicyclic) bond motifs is 1. The molecule has 0 saturated heterocycles. The highest BCUT2D eigenvalue weighted by Crippen LogP contribution is 2.15. The van der Waals surface area contributed by atoms with E-state index >= 15 is 0 Å². The smallest absolute Gasteiger partial charge is 0.182 e. The van der Waals surface area contributed by atoms with E-state index < -0.39 is 11.6 Å². The van der Waals surface area contributed by atoms with E-state index in [0.29, 0.717) is 35.5 Å². The molecule has 3 rings (SSSR count). The molecule has 102 valence electrons. The number of rotatable bonds is 4. The summed E-state index contributed by atoms with van der Waals surface area (Å²) in [6.07, 6.45) is 3.36. The summed E-state index contributed by atoms with van der Waals surface area (Å²) >= 11 is 0. The fourth-order valence-corrected chi connectivity index (χ4v) is 1.94. The summed E-state index contributed by atoms with van der Waals surface area (Å²) in [7, 11) is 0. The first-order valence-electron chi connectivity index (χ1n) is 6.06. The summed E-state index contributed by atoms with van der Waals surface area (Å²) in [6.45, 7) is 0.466. The zero-order valence-corrected chi connectivity index (χ0v) is 10.4. The van der Waals surface area contributed by atoms with Crippen LogP contribution in [-0.2, 0) is 6.42 Å². The number of hydrogen-bond acceptors (Lipinski definition) is 4. The van der Waals surface area contributed by atoms with Crippen molar-refractivity contribution in [3.63, 3.8) is 0 Å². The van der Waals surface area contributed by atoms with Gasteiger partial charge in [0.1, 0.15) is 23.5 Å². The van der Waals surface area contributed by atoms with Gasteiger partial charge in [-0.15, -0.1) is 0 Å². The van der Waals surface area contributed by atoms with Crippen molar-refractivity contribution >= 4 is 17.0 Å². The van der Waals surface area contributed by atoms with Crippen molar-refractivity contribution in [2.75, 3.05) is 11.9 Å². The van der Waals surface area contributed by atoms with Crippen LogP contribution >= 0.6 is 0 Å². The maximum absolute atomic E-state index is 13.5. The fraction of sp³-hybridized carbons (Fsp3) is 0.154. The van der Waals surface area contributed by atoms with Crippen molar-refractivity contribution in [2.45, 2.75) is 6.42 Å². The molecule has 0 radical (unpaired) electrons. The van der Waals surface area contributed by atoms with Gasteiger partial charge >= 0.3 is 0 Å². The van der Waals surface area contributed by atoms with Crippen LogP contribution in [0.1, 0.15) is 5.56 Å². The number of nitrogens with zero attached hydrogens (tertiary/aromatic N) is 3. The summed E-state index contributed by atoms with van der Waals surface area (Å²) in [5, 5.41) is 3.08. The summed E-state index contributed by atoms with van der Waals surface area (Å²) in [4.78, 5) is 15.1. The quantitative estimate of drug-likeness (QED) is 0.766. The molecule has 0 spiro atoms. The van der Waals surface area contributed by atoms with Crippen molar-refractivity contribution < 1.29 is 8.78 Å². The van der Waals surface area contributed by atoms with E-state index in [2.05, 4.69) is 25.3 Å². The lowest BCUT2D eigenvalue weighted by molar-refractivity contribution is 0.572. The van der Waals surface area contributed by atoms with Crippen LogP contribution in [0.5, 0.6) is 0 Å². The van der Waals surface area contributed by atoms with Crippen molar-refractivity contribution in [1.29, 1.82) is 0 Å². The molecular formula is C13H11F2N5. The number of anilines is 1. The second-order valence-corrected chi connectivity index (χ2v) is 4.24. The largest absolute Gasteiger partial charge is 0.368 e. The predicted molar refractivity (Wildman–Crippen MR) is 70.2 cm³/mol. The van der Waals surface area contributed by atoms with E-state index in [-0.39, 0.29) is 0 Å². The highest BCUT2D eigenvalue weighted by Gasteiger charge is 2.06. The van der Waals surface area contributed by atoms with Gasteiger partial charge in [-0.1, -0.05) is 6.07 Å². The number of H-pyrrole nitrogens is 1. The molecule has 2 N–H and O–H groups in total. The monoisotopic (exact) mass is 275 g/mol. The van der Waals surface area contributed by atoms with E-state index in [1.165, 1.54) is 24.8 Å². The Labute approximate surface area is 113 Å². The minimum Gasteiger partial charge on any atom is -0.368 e. The molecule has 0 bridgehead atoms. The Hall–Kier alpha value is -2.57. The zero-order valence-electron chi connectivity index (χ0n) is 10.4. The highest BCUT2D eigenvalue weighted by atomic mass is 19.1. The Morgan fingerprint density at radius 3 is 2.90 bits per heavy atom. The molecule has 7 heteroatoms. The average Bonchev–Trinajstić information content (AvgIpc) is 2.90. The standard InChI is InChI=1S/C13H11F2N5/c14-9-2-1-8(10(15)5-9)3-4-16-12-11-13(18-6-17-11)20-7-19-12/h1-2,5-7H,3-4H2,(H2,16,17,18,19,20). The van der Waals surface area contributed by atoms with Gasteiger partial charge in [-0.05, 0) is 18.1 Å². The van der Waals surface area contributed by atoms with Gasteiger partial charge in [0.15, 0.2) is 11.5 Å². The van der Waals surface area contributed by atoms with Gasteiger partial charge in [0, 0.05) is 12.6 Å². The van der Waals surface area contributed by atoms with Crippen LogP contribution in [0.3, 0.4) is 0 Å². The molecule has 0 saturated carbocycles. The second kappa shape index (κ2) is 5.20. The van der Waals surface area contributed by atoms with Crippen LogP contribution in [0.25, 0.3) is 11.2 Å². The van der Waals surface area contributed by atoms with E-state index in [9.17, 15) is 8.78 Å². The molecular weight excluding hydrogens is 264 g/mol. The molecule has 0 atom stereocenters. The third kappa shape index (κ3) is 2.42. The van der Waals surface area contributed by atoms with Crippen LogP contribution in [0, 0.1) is 11.6 Å². The number of halogens is 2. The Kier molecular flexibility index (Phi) is 3.24. The van der Waals surface area contributed by atoms with Gasteiger partial charge in [0.05, 0.1) is 6.33 Å². The Morgan fingerprint density at radius 1 is 1.15 bits per heavy atom. The van der Waals surface area contributed by atoms with Crippen LogP contribution < -0.4 is 5.32 Å². The van der Waals surface area contributed by atoms with Crippen molar-refractivity contribution in [2.24, 2.45) is 0 Å². The van der Waals surface area contributed by atoms with Crippen molar-refractivity contribution in [1.82, 2.24) is 19.9 Å². The number of hydrogen-bond donors (Lipinski definition) is 2. The van der Waals surface area contributed by atoms with Gasteiger partial charge in [0.2, 0.25) is 0 Å². The zero-order chi connectivity index (χ0) is 13.9. The first-order chi connectivity index (χ1) is 9.74. The Morgan fingerprint density at radius 2 is 2.05 bits per heavy atom. The third-order valence-electron chi connectivity index (χ3n) is 2.92. The van der Waals surface area contributed by atoms with Crippen LogP contribution in [-0.4, -0.2) is 26.5 Å². The Balaban J connectivity index is 1.69. The number of nitrogens with one attached hydrogen (secondary N) is 2. The molecule has 3 aromatic rings. The minimum atomic E-state index is -0.575. The molecule has 0 unspecified atom stereocenters. The van der Waals surface area contributed by atoms with Gasteiger partial charge in [0.25, 0.3) is 0 Å². The summed E-state index contributed by atoms with van der Waals surface area (Å²) in [6, 6.07) is 3.57. The predicted octanol–water partition coefficient (Wildman–Crippen LogP) is 2.29. The van der Waals surface area contributed by atoms with Crippen molar-refractivity contribution in [3.05, 3.63) is 48.1 Å². The molecule has 2 aromatic heterocycles. The molecule has 0 fully saturated rings. The first-order valence-corrected chi connectivity index (χ1v) is 6.06. The lowest BCUT2D eigenvalue weighted by Gasteiger charge is -2.06. The Bertz CT molecular complexity index is 740. The lowest BCUT2D eigenvalue weighted by atomic mass is 10.1. The summed E-state index contributed by atoms with van der Waals surface area (Å²) < 4.78 is 26.3. The molecule has 20 heavy (non-hydrogen) atoms. The SMILES string of the molecule is Fc1ccc(CCNc2ncnc3nc[nH]c23)c(F)c1. The molecule has 5 nitrogen and oxygen atoms in total. The second-order valence-electron chi connectivity index (χ2n) is 4.24. The van der Waals surface area contributed by atoms with E-state index in [4.69, 9.17) is 0 Å². The lowest BCUT2D eigenvalue weighted by Crippen LogP contribution is -2.08. The van der Waals surface area contributed by atoms with E-state index in [0.717, 1.165) is 6.07 Å². The molecule has 0 amide bonds. The molecule has 1 aromatic carbocycles. The van der Waals surface area contributed by atoms with Gasteiger partial charge in [-0.25, -0.2) is 23.7 Å². The molecule has 0 aliphatic heterocycles. The topological polar surface area (TPSA) is 66.5 Å². The van der Waals surface area contributed by atoms with E-state index in [1.807, 2.05) is 0 Å². The summed E-state index contributed by atoms with van der Waals surface area (Å²) in [5.41, 5.74) is 1.72. The van der Waals surface area contributed by atoms with Gasteiger partial charge in [-0.3, -0.25) is 0 Å². The summed E-state index contributed by atoms with van der Waals surface area (Å²) in [5.74, 6) is -0.509. The average molecular weight is 275 g/mol. The van der Waals surface area contributed by atoms with E-state index in [1.54, 1.807) is 0 Å². The number of aromatic amines is 1. The minimum absolute atomic E-state index is 0.422. The van der Waals surface area contributed by atoms with Crippen LogP contribution in [0.2, 0.25) is 0 Å².